The number of amides is 3. The summed E-state index contributed by atoms with van der Waals surface area (Å²) in [6.45, 7) is 0.309. The molecule has 16 heteroatoms. The van der Waals surface area contributed by atoms with Gasteiger partial charge >= 0.3 is 24.3 Å². The number of likely N-dealkylation sites (tertiary alicyclic amines) is 1. The summed E-state index contributed by atoms with van der Waals surface area (Å²) >= 11 is 0. The minimum absolute atomic E-state index is 0.0519. The number of benzene rings is 1. The molecule has 1 fully saturated rings. The number of rotatable bonds is 6. The molecule has 0 spiro atoms. The molecule has 4 N–H and O–H groups in total. The fourth-order valence-corrected chi connectivity index (χ4v) is 3.63. The molecule has 1 aliphatic heterocycles. The van der Waals surface area contributed by atoms with Crippen LogP contribution in [0.5, 0.6) is 0 Å². The predicted molar refractivity (Wildman–Crippen MR) is 123 cm³/mol. The molecule has 206 valence electrons. The summed E-state index contributed by atoms with van der Waals surface area (Å²) < 4.78 is 80.6. The number of anilines is 1. The number of alkyl halides is 6. The first-order valence-corrected chi connectivity index (χ1v) is 11.2. The Balaban J connectivity index is 1.61. The normalized spacial score (nSPS) is 17.3. The van der Waals surface area contributed by atoms with E-state index < -0.39 is 47.6 Å². The molecule has 3 amide bonds. The fourth-order valence-electron chi connectivity index (χ4n) is 3.63. The zero-order chi connectivity index (χ0) is 28.1. The molecule has 2 heterocycles. The zero-order valence-corrected chi connectivity index (χ0v) is 19.9. The topological polar surface area (TPSA) is 139 Å². The van der Waals surface area contributed by atoms with E-state index in [9.17, 15) is 35.9 Å². The Morgan fingerprint density at radius 3 is 2.45 bits per heavy atom. The molecule has 0 bridgehead atoms. The molecule has 10 nitrogen and oxygen atoms in total. The Labute approximate surface area is 211 Å². The fraction of sp³-hybridized carbons (Fsp3) is 0.409. The molecule has 3 rings (SSSR count). The van der Waals surface area contributed by atoms with E-state index in [1.54, 1.807) is 0 Å². The van der Waals surface area contributed by atoms with E-state index in [4.69, 9.17) is 5.73 Å². The summed E-state index contributed by atoms with van der Waals surface area (Å²) in [4.78, 5) is 32.9. The van der Waals surface area contributed by atoms with Crippen molar-refractivity contribution < 1.29 is 40.5 Å². The number of aromatic nitrogens is 2. The van der Waals surface area contributed by atoms with E-state index in [1.165, 1.54) is 29.2 Å². The Morgan fingerprint density at radius 2 is 1.87 bits per heavy atom. The van der Waals surface area contributed by atoms with Gasteiger partial charge in [-0.15, -0.1) is 0 Å². The van der Waals surface area contributed by atoms with Crippen LogP contribution in [0, 0.1) is 0 Å². The van der Waals surface area contributed by atoms with Crippen LogP contribution in [-0.4, -0.2) is 65.0 Å². The highest BCUT2D eigenvalue weighted by Crippen LogP contribution is 2.29. The molecule has 1 saturated heterocycles. The van der Waals surface area contributed by atoms with Crippen molar-refractivity contribution in [2.45, 2.75) is 37.7 Å². The third-order valence-corrected chi connectivity index (χ3v) is 5.53. The largest absolute Gasteiger partial charge is 0.471 e. The second kappa shape index (κ2) is 11.5. The van der Waals surface area contributed by atoms with Crippen molar-refractivity contribution in [2.75, 3.05) is 25.5 Å². The molecule has 1 unspecified atom stereocenters. The highest BCUT2D eigenvalue weighted by atomic mass is 19.4. The van der Waals surface area contributed by atoms with Crippen molar-refractivity contribution in [3.05, 3.63) is 41.9 Å². The van der Waals surface area contributed by atoms with Crippen LogP contribution in [0.4, 0.5) is 36.8 Å². The van der Waals surface area contributed by atoms with Gasteiger partial charge in [-0.1, -0.05) is 5.16 Å². The lowest BCUT2D eigenvalue weighted by Crippen LogP contribution is -2.51. The van der Waals surface area contributed by atoms with Crippen LogP contribution in [0.2, 0.25) is 0 Å². The molecule has 0 radical (unpaired) electrons. The van der Waals surface area contributed by atoms with Gasteiger partial charge in [-0.05, 0) is 49.6 Å². The molecule has 0 aliphatic carbocycles. The van der Waals surface area contributed by atoms with Crippen LogP contribution >= 0.6 is 0 Å². The average molecular weight is 547 g/mol. The van der Waals surface area contributed by atoms with E-state index in [2.05, 4.69) is 30.3 Å². The van der Waals surface area contributed by atoms with Gasteiger partial charge in [0.05, 0.1) is 11.7 Å². The van der Waals surface area contributed by atoms with Crippen LogP contribution in [0.15, 0.2) is 45.6 Å². The summed E-state index contributed by atoms with van der Waals surface area (Å²) in [5.74, 6) is -2.69. The van der Waals surface area contributed by atoms with Crippen molar-refractivity contribution in [3.8, 4) is 11.4 Å². The Bertz CT molecular complexity index is 1210. The number of urea groups is 1. The number of nitrogens with one attached hydrogen (secondary N) is 2. The number of hydrogen-bond acceptors (Lipinski definition) is 7. The number of hydrogen-bond donors (Lipinski definition) is 3. The van der Waals surface area contributed by atoms with Crippen LogP contribution in [0.1, 0.15) is 25.2 Å². The Kier molecular flexibility index (Phi) is 8.63. The van der Waals surface area contributed by atoms with Gasteiger partial charge < -0.3 is 25.8 Å². The summed E-state index contributed by atoms with van der Waals surface area (Å²) in [5, 5.41) is 8.40. The van der Waals surface area contributed by atoms with E-state index in [0.717, 1.165) is 13.5 Å². The van der Waals surface area contributed by atoms with Crippen molar-refractivity contribution in [3.63, 3.8) is 0 Å². The van der Waals surface area contributed by atoms with Crippen molar-refractivity contribution >= 4 is 23.3 Å². The standard InChI is InChI=1S/C22H23F6N7O3/c1-30-16(21(23,24)25)10-15(29)18(36)31-11-14-4-2-3-9-35(14)20(37)32-13-7-5-12(6-8-13)17-33-19(38-34-17)22(26,27)28/h5-8,10,14H,2-4,9,11,29H2,1H3,(H,31,36)(H,32,37). The van der Waals surface area contributed by atoms with Gasteiger partial charge in [0.15, 0.2) is 0 Å². The van der Waals surface area contributed by atoms with Crippen LogP contribution in [-0.2, 0) is 11.0 Å². The summed E-state index contributed by atoms with van der Waals surface area (Å²) in [7, 11) is 0.922. The smallest absolute Gasteiger partial charge is 0.394 e. The lowest BCUT2D eigenvalue weighted by atomic mass is 10.0. The highest BCUT2D eigenvalue weighted by Gasteiger charge is 2.38. The van der Waals surface area contributed by atoms with Gasteiger partial charge in [-0.3, -0.25) is 9.79 Å². The number of nitrogens with two attached hydrogens (primary N) is 1. The minimum Gasteiger partial charge on any atom is -0.394 e. The monoisotopic (exact) mass is 547 g/mol. The third-order valence-electron chi connectivity index (χ3n) is 5.53. The highest BCUT2D eigenvalue weighted by molar-refractivity contribution is 6.06. The van der Waals surface area contributed by atoms with Gasteiger partial charge in [0.2, 0.25) is 5.82 Å². The maximum atomic E-state index is 12.9. The molecule has 38 heavy (non-hydrogen) atoms. The van der Waals surface area contributed by atoms with Crippen molar-refractivity contribution in [1.29, 1.82) is 0 Å². The first kappa shape index (κ1) is 28.5. The SMILES string of the molecule is CN=C(C=C(N)C(=O)NCC1CCCCN1C(=O)Nc1ccc(-c2noc(C(F)(F)F)n2)cc1)C(F)(F)F. The first-order chi connectivity index (χ1) is 17.8. The van der Waals surface area contributed by atoms with Crippen LogP contribution in [0.25, 0.3) is 11.4 Å². The number of carbonyl (C=O) groups excluding carboxylic acids is 2. The zero-order valence-electron chi connectivity index (χ0n) is 19.9. The van der Waals surface area contributed by atoms with Gasteiger partial charge in [-0.2, -0.15) is 31.3 Å². The van der Waals surface area contributed by atoms with E-state index in [1.807, 2.05) is 0 Å². The Hall–Kier alpha value is -4.11. The van der Waals surface area contributed by atoms with Gasteiger partial charge in [0.25, 0.3) is 5.91 Å². The van der Waals surface area contributed by atoms with Gasteiger partial charge in [-0.25, -0.2) is 4.79 Å². The molecule has 1 aromatic carbocycles. The molecule has 1 atom stereocenters. The molecular weight excluding hydrogens is 524 g/mol. The second-order valence-electron chi connectivity index (χ2n) is 8.19. The van der Waals surface area contributed by atoms with E-state index in [-0.39, 0.29) is 17.9 Å². The molecular formula is C22H23F6N7O3. The summed E-state index contributed by atoms with van der Waals surface area (Å²) in [5.41, 5.74) is 4.05. The molecule has 1 aromatic heterocycles. The van der Waals surface area contributed by atoms with Crippen molar-refractivity contribution in [1.82, 2.24) is 20.4 Å². The lowest BCUT2D eigenvalue weighted by Gasteiger charge is -2.35. The van der Waals surface area contributed by atoms with Crippen LogP contribution < -0.4 is 16.4 Å². The van der Waals surface area contributed by atoms with Crippen LogP contribution in [0.3, 0.4) is 0 Å². The Morgan fingerprint density at radius 1 is 1.18 bits per heavy atom. The van der Waals surface area contributed by atoms with E-state index in [0.29, 0.717) is 31.1 Å². The number of halogens is 6. The number of piperidine rings is 1. The van der Waals surface area contributed by atoms with E-state index >= 15 is 0 Å². The molecule has 0 saturated carbocycles. The third kappa shape index (κ3) is 7.23. The number of aliphatic imine (C=N–C) groups is 1. The predicted octanol–water partition coefficient (Wildman–Crippen LogP) is 3.73. The minimum atomic E-state index is -4.78. The summed E-state index contributed by atoms with van der Waals surface area (Å²) in [6.07, 6.45) is -7.13. The number of carbonyl (C=O) groups is 2. The molecule has 1 aliphatic rings. The number of nitrogens with zero attached hydrogens (tertiary/aromatic N) is 4. The second-order valence-corrected chi connectivity index (χ2v) is 8.19. The van der Waals surface area contributed by atoms with Gasteiger partial charge in [0.1, 0.15) is 5.71 Å². The van der Waals surface area contributed by atoms with Gasteiger partial charge in [0, 0.05) is 31.4 Å². The summed E-state index contributed by atoms with van der Waals surface area (Å²) in [6, 6.07) is 4.72. The first-order valence-electron chi connectivity index (χ1n) is 11.2. The van der Waals surface area contributed by atoms with Crippen molar-refractivity contribution in [2.24, 2.45) is 10.7 Å². The lowest BCUT2D eigenvalue weighted by molar-refractivity contribution is -0.159. The quantitative estimate of drug-likeness (QED) is 0.286. The maximum Gasteiger partial charge on any atom is 0.471 e. The number of allylic oxidation sites excluding steroid dienone is 1. The maximum absolute atomic E-state index is 12.9. The molecule has 2 aromatic rings. The average Bonchev–Trinajstić information content (AvgIpc) is 3.36.